The van der Waals surface area contributed by atoms with Crippen molar-refractivity contribution >= 4 is 27.7 Å². The van der Waals surface area contributed by atoms with E-state index in [1.807, 2.05) is 48.1 Å². The van der Waals surface area contributed by atoms with Crippen LogP contribution < -0.4 is 9.47 Å². The third-order valence-corrected chi connectivity index (χ3v) is 10.2. The van der Waals surface area contributed by atoms with Crippen LogP contribution in [0.3, 0.4) is 0 Å². The monoisotopic (exact) mass is 700 g/mol. The molecular formula is C36H37BrN4O4S. The maximum absolute atomic E-state index is 9.89. The van der Waals surface area contributed by atoms with Gasteiger partial charge in [-0.3, -0.25) is 4.68 Å². The fourth-order valence-electron chi connectivity index (χ4n) is 5.75. The summed E-state index contributed by atoms with van der Waals surface area (Å²) in [6, 6.07) is 27.3. The molecule has 3 aromatic carbocycles. The average Bonchev–Trinajstić information content (AvgIpc) is 3.54. The second-order valence-electron chi connectivity index (χ2n) is 11.2. The summed E-state index contributed by atoms with van der Waals surface area (Å²) in [5, 5.41) is 23.1. The maximum Gasteiger partial charge on any atom is 0.133 e. The van der Waals surface area contributed by atoms with E-state index in [1.54, 1.807) is 32.2 Å². The number of nitrogens with zero attached hydrogens (tertiary/aromatic N) is 4. The van der Waals surface area contributed by atoms with Gasteiger partial charge >= 0.3 is 0 Å². The largest absolute Gasteiger partial charge is 0.496 e. The van der Waals surface area contributed by atoms with Gasteiger partial charge in [0, 0.05) is 38.0 Å². The summed E-state index contributed by atoms with van der Waals surface area (Å²) in [5.41, 5.74) is 3.86. The number of halogens is 1. The van der Waals surface area contributed by atoms with Gasteiger partial charge in [-0.1, -0.05) is 36.0 Å². The molecule has 0 N–H and O–H groups in total. The van der Waals surface area contributed by atoms with E-state index in [4.69, 9.17) is 24.2 Å². The number of ether oxygens (including phenoxy) is 4. The first-order valence-corrected chi connectivity index (χ1v) is 16.8. The smallest absolute Gasteiger partial charge is 0.133 e. The molecule has 2 unspecified atom stereocenters. The zero-order valence-corrected chi connectivity index (χ0v) is 28.6. The van der Waals surface area contributed by atoms with E-state index in [1.165, 1.54) is 0 Å². The molecule has 3 heterocycles. The minimum Gasteiger partial charge on any atom is -0.496 e. The van der Waals surface area contributed by atoms with Crippen molar-refractivity contribution in [2.24, 2.45) is 13.0 Å². The fourth-order valence-corrected chi connectivity index (χ4v) is 7.27. The Labute approximate surface area is 283 Å². The Hall–Kier alpha value is -3.80. The minimum atomic E-state index is -0.483. The highest BCUT2D eigenvalue weighted by Crippen LogP contribution is 2.41. The Balaban J connectivity index is 0.000000209. The quantitative estimate of drug-likeness (QED) is 0.190. The van der Waals surface area contributed by atoms with Crippen LogP contribution in [-0.2, 0) is 21.9 Å². The molecule has 8 nitrogen and oxygen atoms in total. The summed E-state index contributed by atoms with van der Waals surface area (Å²) < 4.78 is 24.7. The lowest BCUT2D eigenvalue weighted by molar-refractivity contribution is 0.000655. The second kappa shape index (κ2) is 15.7. The highest BCUT2D eigenvalue weighted by molar-refractivity contribution is 9.10. The zero-order valence-electron chi connectivity index (χ0n) is 26.2. The lowest BCUT2D eigenvalue weighted by atomic mass is 9.75. The van der Waals surface area contributed by atoms with Crippen LogP contribution in [0.4, 0.5) is 0 Å². The van der Waals surface area contributed by atoms with Gasteiger partial charge in [0.1, 0.15) is 11.5 Å². The van der Waals surface area contributed by atoms with Crippen LogP contribution in [0.2, 0.25) is 0 Å². The van der Waals surface area contributed by atoms with Crippen LogP contribution in [0.25, 0.3) is 11.3 Å². The number of hydrogen-bond acceptors (Lipinski definition) is 8. The van der Waals surface area contributed by atoms with Crippen molar-refractivity contribution in [1.29, 1.82) is 10.5 Å². The number of hydrogen-bond donors (Lipinski definition) is 0. The molecule has 0 aliphatic carbocycles. The van der Waals surface area contributed by atoms with Gasteiger partial charge in [-0.15, -0.1) is 0 Å². The molecule has 0 radical (unpaired) electrons. The summed E-state index contributed by atoms with van der Waals surface area (Å²) in [7, 11) is 5.26. The lowest BCUT2D eigenvalue weighted by Crippen LogP contribution is -2.32. The molecule has 0 saturated carbocycles. The first-order valence-electron chi connectivity index (χ1n) is 15.2. The maximum atomic E-state index is 9.89. The van der Waals surface area contributed by atoms with E-state index in [0.29, 0.717) is 19.8 Å². The highest BCUT2D eigenvalue weighted by Gasteiger charge is 2.35. The molecule has 1 aromatic heterocycles. The Morgan fingerprint density at radius 1 is 0.957 bits per heavy atom. The predicted octanol–water partition coefficient (Wildman–Crippen LogP) is 8.27. The number of rotatable bonds is 7. The number of nitriles is 2. The molecule has 2 saturated heterocycles. The van der Waals surface area contributed by atoms with Gasteiger partial charge in [0.15, 0.2) is 0 Å². The summed E-state index contributed by atoms with van der Waals surface area (Å²) in [6.07, 6.45) is 4.88. The normalized spacial score (nSPS) is 18.7. The predicted molar refractivity (Wildman–Crippen MR) is 181 cm³/mol. The summed E-state index contributed by atoms with van der Waals surface area (Å²) >= 11 is 5.11. The van der Waals surface area contributed by atoms with Crippen molar-refractivity contribution in [2.75, 3.05) is 34.0 Å². The molecule has 46 heavy (non-hydrogen) atoms. The molecule has 2 atom stereocenters. The van der Waals surface area contributed by atoms with Crippen LogP contribution in [0.1, 0.15) is 42.9 Å². The first-order chi connectivity index (χ1) is 22.4. The fraction of sp³-hybridized carbons (Fsp3) is 0.361. The van der Waals surface area contributed by atoms with Crippen molar-refractivity contribution in [3.05, 3.63) is 88.5 Å². The molecule has 238 valence electrons. The van der Waals surface area contributed by atoms with E-state index in [-0.39, 0.29) is 12.0 Å². The molecule has 0 amide bonds. The van der Waals surface area contributed by atoms with Crippen molar-refractivity contribution in [2.45, 2.75) is 47.0 Å². The summed E-state index contributed by atoms with van der Waals surface area (Å²) in [6.45, 7) is 1.90. The van der Waals surface area contributed by atoms with Crippen LogP contribution in [0.15, 0.2) is 87.2 Å². The van der Waals surface area contributed by atoms with Crippen LogP contribution in [0.5, 0.6) is 11.5 Å². The minimum absolute atomic E-state index is 0.0237. The van der Waals surface area contributed by atoms with Gasteiger partial charge in [0.25, 0.3) is 0 Å². The molecule has 2 aliphatic heterocycles. The Morgan fingerprint density at radius 3 is 2.33 bits per heavy atom. The van der Waals surface area contributed by atoms with Gasteiger partial charge in [0.2, 0.25) is 0 Å². The second-order valence-corrected chi connectivity index (χ2v) is 13.2. The standard InChI is InChI=1S/C23H23N3O2S.C13H14BrNO2/c1-26-20(9-12-25-26)17-3-6-19(7-4-17)29-22-15-18(5-8-21(22)27-2)23(16-24)10-13-28-14-11-23;1-16-12-3-2-10(7-11(12)14)13-6-9(8-15)4-5-17-13/h3-9,12,15H,10-11,13-14H2,1-2H3;2-3,7,9,13H,4-6H2,1H3. The number of benzene rings is 3. The third-order valence-electron chi connectivity index (χ3n) is 8.49. The Bertz CT molecular complexity index is 1710. The zero-order chi connectivity index (χ0) is 32.5. The van der Waals surface area contributed by atoms with Gasteiger partial charge in [-0.25, -0.2) is 0 Å². The van der Waals surface area contributed by atoms with Gasteiger partial charge in [0.05, 0.1) is 58.9 Å². The van der Waals surface area contributed by atoms with E-state index in [2.05, 4.69) is 63.5 Å². The Kier molecular flexibility index (Phi) is 11.4. The molecule has 0 spiro atoms. The number of aryl methyl sites for hydroxylation is 1. The number of aromatic nitrogens is 2. The number of methoxy groups -OCH3 is 2. The van der Waals surface area contributed by atoms with Crippen LogP contribution >= 0.6 is 27.7 Å². The van der Waals surface area contributed by atoms with E-state index in [0.717, 1.165) is 73.8 Å². The highest BCUT2D eigenvalue weighted by atomic mass is 79.9. The molecular weight excluding hydrogens is 664 g/mol. The van der Waals surface area contributed by atoms with Gasteiger partial charge in [-0.05, 0) is 101 Å². The molecule has 6 rings (SSSR count). The average molecular weight is 702 g/mol. The molecule has 2 fully saturated rings. The van der Waals surface area contributed by atoms with Gasteiger partial charge in [-0.2, -0.15) is 15.6 Å². The molecule has 4 aromatic rings. The molecule has 0 bridgehead atoms. The van der Waals surface area contributed by atoms with Crippen molar-refractivity contribution < 1.29 is 18.9 Å². The molecule has 10 heteroatoms. The van der Waals surface area contributed by atoms with Crippen LogP contribution in [-0.4, -0.2) is 43.8 Å². The van der Waals surface area contributed by atoms with Crippen molar-refractivity contribution in [3.8, 4) is 34.9 Å². The van der Waals surface area contributed by atoms with Crippen molar-refractivity contribution in [1.82, 2.24) is 9.78 Å². The van der Waals surface area contributed by atoms with Crippen molar-refractivity contribution in [3.63, 3.8) is 0 Å². The van der Waals surface area contributed by atoms with E-state index >= 15 is 0 Å². The topological polar surface area (TPSA) is 102 Å². The Morgan fingerprint density at radius 2 is 1.70 bits per heavy atom. The lowest BCUT2D eigenvalue weighted by Gasteiger charge is -2.31. The summed E-state index contributed by atoms with van der Waals surface area (Å²) in [5.74, 6) is 1.73. The SMILES string of the molecule is COc1ccc(C2(C#N)CCOCC2)cc1Sc1ccc(-c2ccnn2C)cc1.COc1ccc(C2CC(C#N)CCO2)cc1Br. The first kappa shape index (κ1) is 33.6. The van der Waals surface area contributed by atoms with Gasteiger partial charge < -0.3 is 18.9 Å². The third kappa shape index (κ3) is 7.76. The molecule has 2 aliphatic rings. The van der Waals surface area contributed by atoms with Crippen LogP contribution in [0, 0.1) is 28.6 Å². The summed E-state index contributed by atoms with van der Waals surface area (Å²) in [4.78, 5) is 2.13. The van der Waals surface area contributed by atoms with E-state index < -0.39 is 5.41 Å². The van der Waals surface area contributed by atoms with E-state index in [9.17, 15) is 5.26 Å².